The molecule has 1 heterocycles. The molecule has 2 unspecified atom stereocenters. The maximum atomic E-state index is 12.0. The van der Waals surface area contributed by atoms with E-state index in [2.05, 4.69) is 27.9 Å². The van der Waals surface area contributed by atoms with Crippen LogP contribution in [0.1, 0.15) is 33.0 Å². The third kappa shape index (κ3) is 3.47. The minimum absolute atomic E-state index is 0.0755. The molecule has 2 aromatic rings. The van der Waals surface area contributed by atoms with E-state index < -0.39 is 6.04 Å². The van der Waals surface area contributed by atoms with Gasteiger partial charge >= 0.3 is 0 Å². The predicted molar refractivity (Wildman–Crippen MR) is 89.6 cm³/mol. The molecule has 1 aromatic heterocycles. The number of benzene rings is 1. The SMILES string of the molecule is CCC(C)C(N)C(=O)NCCc1nc2ccccc2n1CC. The number of nitrogens with zero attached hydrogens (tertiary/aromatic N) is 2. The molecule has 0 aliphatic rings. The predicted octanol–water partition coefficient (Wildman–Crippen LogP) is 2.09. The fourth-order valence-electron chi connectivity index (χ4n) is 2.60. The van der Waals surface area contributed by atoms with Crippen molar-refractivity contribution >= 4 is 16.9 Å². The molecule has 1 amide bonds. The summed E-state index contributed by atoms with van der Waals surface area (Å²) in [5.74, 6) is 1.12. The van der Waals surface area contributed by atoms with Crippen LogP contribution in [0.15, 0.2) is 24.3 Å². The first-order valence-electron chi connectivity index (χ1n) is 8.05. The summed E-state index contributed by atoms with van der Waals surface area (Å²) in [6.45, 7) is 7.58. The quantitative estimate of drug-likeness (QED) is 0.822. The molecule has 0 fully saturated rings. The number of para-hydroxylation sites is 2. The summed E-state index contributed by atoms with van der Waals surface area (Å²) in [5, 5.41) is 2.92. The van der Waals surface area contributed by atoms with Crippen LogP contribution in [0.4, 0.5) is 0 Å². The van der Waals surface area contributed by atoms with E-state index in [4.69, 9.17) is 5.73 Å². The number of aryl methyl sites for hydroxylation is 1. The number of hydrogen-bond acceptors (Lipinski definition) is 3. The van der Waals surface area contributed by atoms with Crippen molar-refractivity contribution in [3.63, 3.8) is 0 Å². The number of imidazole rings is 1. The fourth-order valence-corrected chi connectivity index (χ4v) is 2.60. The van der Waals surface area contributed by atoms with Gasteiger partial charge in [-0.2, -0.15) is 0 Å². The van der Waals surface area contributed by atoms with E-state index >= 15 is 0 Å². The number of nitrogens with two attached hydrogens (primary N) is 1. The molecule has 0 aliphatic carbocycles. The summed E-state index contributed by atoms with van der Waals surface area (Å²) in [6.07, 6.45) is 1.61. The third-order valence-corrected chi connectivity index (χ3v) is 4.26. The van der Waals surface area contributed by atoms with Crippen molar-refractivity contribution in [3.05, 3.63) is 30.1 Å². The van der Waals surface area contributed by atoms with Crippen LogP contribution in [0.25, 0.3) is 11.0 Å². The highest BCUT2D eigenvalue weighted by molar-refractivity contribution is 5.81. The Bertz CT molecular complexity index is 635. The van der Waals surface area contributed by atoms with Gasteiger partial charge in [0.1, 0.15) is 5.82 Å². The molecule has 5 nitrogen and oxygen atoms in total. The van der Waals surface area contributed by atoms with Crippen LogP contribution in [-0.2, 0) is 17.8 Å². The van der Waals surface area contributed by atoms with E-state index in [1.807, 2.05) is 32.0 Å². The molecule has 1 aromatic carbocycles. The van der Waals surface area contributed by atoms with E-state index in [1.165, 1.54) is 0 Å². The molecule has 0 radical (unpaired) electrons. The lowest BCUT2D eigenvalue weighted by atomic mass is 9.99. The smallest absolute Gasteiger partial charge is 0.237 e. The van der Waals surface area contributed by atoms with Crippen molar-refractivity contribution in [2.24, 2.45) is 11.7 Å². The lowest BCUT2D eigenvalue weighted by Gasteiger charge is -2.17. The number of fused-ring (bicyclic) bond motifs is 1. The van der Waals surface area contributed by atoms with Crippen molar-refractivity contribution < 1.29 is 4.79 Å². The fraction of sp³-hybridized carbons (Fsp3) is 0.529. The molecule has 0 bridgehead atoms. The largest absolute Gasteiger partial charge is 0.354 e. The minimum atomic E-state index is -0.435. The van der Waals surface area contributed by atoms with Gasteiger partial charge in [-0.05, 0) is 25.0 Å². The zero-order chi connectivity index (χ0) is 16.1. The van der Waals surface area contributed by atoms with Gasteiger partial charge in [-0.25, -0.2) is 4.98 Å². The van der Waals surface area contributed by atoms with E-state index in [1.54, 1.807) is 0 Å². The van der Waals surface area contributed by atoms with Gasteiger partial charge in [-0.1, -0.05) is 32.4 Å². The van der Waals surface area contributed by atoms with Gasteiger partial charge in [0.05, 0.1) is 17.1 Å². The molecular formula is C17H26N4O. The topological polar surface area (TPSA) is 72.9 Å². The average Bonchev–Trinajstić information content (AvgIpc) is 2.90. The van der Waals surface area contributed by atoms with Crippen LogP contribution in [0, 0.1) is 5.92 Å². The number of nitrogens with one attached hydrogen (secondary N) is 1. The highest BCUT2D eigenvalue weighted by Gasteiger charge is 2.19. The van der Waals surface area contributed by atoms with Gasteiger partial charge in [0.25, 0.3) is 0 Å². The first-order valence-corrected chi connectivity index (χ1v) is 8.05. The Morgan fingerprint density at radius 1 is 1.36 bits per heavy atom. The number of aromatic nitrogens is 2. The summed E-state index contributed by atoms with van der Waals surface area (Å²) in [4.78, 5) is 16.7. The molecule has 0 saturated heterocycles. The van der Waals surface area contributed by atoms with Crippen molar-refractivity contribution in [3.8, 4) is 0 Å². The normalized spacial score (nSPS) is 14.0. The second-order valence-corrected chi connectivity index (χ2v) is 5.71. The molecule has 0 saturated carbocycles. The Morgan fingerprint density at radius 2 is 2.09 bits per heavy atom. The Kier molecular flexibility index (Phi) is 5.55. The first-order chi connectivity index (χ1) is 10.6. The molecule has 2 atom stereocenters. The Morgan fingerprint density at radius 3 is 2.77 bits per heavy atom. The summed E-state index contributed by atoms with van der Waals surface area (Å²) in [7, 11) is 0. The number of carbonyl (C=O) groups excluding carboxylic acids is 1. The van der Waals surface area contributed by atoms with Crippen LogP contribution in [-0.4, -0.2) is 28.0 Å². The van der Waals surface area contributed by atoms with Gasteiger partial charge in [0.15, 0.2) is 0 Å². The maximum absolute atomic E-state index is 12.0. The van der Waals surface area contributed by atoms with Crippen molar-refractivity contribution in [1.29, 1.82) is 0 Å². The van der Waals surface area contributed by atoms with Crippen LogP contribution in [0.2, 0.25) is 0 Å². The van der Waals surface area contributed by atoms with Gasteiger partial charge in [-0.15, -0.1) is 0 Å². The summed E-state index contributed by atoms with van der Waals surface area (Å²) >= 11 is 0. The molecular weight excluding hydrogens is 276 g/mol. The number of rotatable bonds is 7. The molecule has 0 aliphatic heterocycles. The average molecular weight is 302 g/mol. The monoisotopic (exact) mass is 302 g/mol. The van der Waals surface area contributed by atoms with Crippen LogP contribution < -0.4 is 11.1 Å². The third-order valence-electron chi connectivity index (χ3n) is 4.26. The Balaban J connectivity index is 1.99. The van der Waals surface area contributed by atoms with E-state index in [0.717, 1.165) is 29.8 Å². The summed E-state index contributed by atoms with van der Waals surface area (Å²) < 4.78 is 2.19. The highest BCUT2D eigenvalue weighted by Crippen LogP contribution is 2.16. The molecule has 2 rings (SSSR count). The van der Waals surface area contributed by atoms with Gasteiger partial charge in [0.2, 0.25) is 5.91 Å². The lowest BCUT2D eigenvalue weighted by molar-refractivity contribution is -0.123. The van der Waals surface area contributed by atoms with Gasteiger partial charge in [-0.3, -0.25) is 4.79 Å². The number of carbonyl (C=O) groups is 1. The summed E-state index contributed by atoms with van der Waals surface area (Å²) in [6, 6.07) is 7.67. The molecule has 3 N–H and O–H groups in total. The Hall–Kier alpha value is -1.88. The molecule has 22 heavy (non-hydrogen) atoms. The highest BCUT2D eigenvalue weighted by atomic mass is 16.2. The zero-order valence-corrected chi connectivity index (χ0v) is 13.7. The second-order valence-electron chi connectivity index (χ2n) is 5.71. The van der Waals surface area contributed by atoms with Crippen molar-refractivity contribution in [2.75, 3.05) is 6.54 Å². The number of hydrogen-bond donors (Lipinski definition) is 2. The van der Waals surface area contributed by atoms with Gasteiger partial charge < -0.3 is 15.6 Å². The van der Waals surface area contributed by atoms with Gasteiger partial charge in [0, 0.05) is 19.5 Å². The Labute approximate surface area is 131 Å². The molecule has 0 spiro atoms. The molecule has 120 valence electrons. The number of amides is 1. The van der Waals surface area contributed by atoms with Crippen molar-refractivity contribution in [2.45, 2.75) is 46.2 Å². The van der Waals surface area contributed by atoms with Crippen LogP contribution in [0.5, 0.6) is 0 Å². The summed E-state index contributed by atoms with van der Waals surface area (Å²) in [5.41, 5.74) is 8.08. The van der Waals surface area contributed by atoms with E-state index in [9.17, 15) is 4.79 Å². The van der Waals surface area contributed by atoms with E-state index in [0.29, 0.717) is 13.0 Å². The first kappa shape index (κ1) is 16.5. The zero-order valence-electron chi connectivity index (χ0n) is 13.7. The molecule has 5 heteroatoms. The van der Waals surface area contributed by atoms with E-state index in [-0.39, 0.29) is 11.8 Å². The van der Waals surface area contributed by atoms with Crippen LogP contribution >= 0.6 is 0 Å². The maximum Gasteiger partial charge on any atom is 0.237 e. The van der Waals surface area contributed by atoms with Crippen LogP contribution in [0.3, 0.4) is 0 Å². The van der Waals surface area contributed by atoms with Crippen molar-refractivity contribution in [1.82, 2.24) is 14.9 Å². The second kappa shape index (κ2) is 7.40. The standard InChI is InChI=1S/C17H26N4O/c1-4-12(3)16(18)17(22)19-11-10-15-20-13-8-6-7-9-14(13)21(15)5-2/h6-9,12,16H,4-5,10-11,18H2,1-3H3,(H,19,22). The lowest BCUT2D eigenvalue weighted by Crippen LogP contribution is -2.45. The minimum Gasteiger partial charge on any atom is -0.354 e.